The largest absolute Gasteiger partial charge is 0.466 e. The molecule has 0 unspecified atom stereocenters. The maximum Gasteiger partial charge on any atom is 0.330 e. The standard InChI is InChI=1S/C15H19N5O3/c1-3-20-10-11(8-18-20)14-12(9-17-19-14)15(22)16-7-5-4-6-13(21)23-2/h4,6,8-10H,3,5,7H2,1-2H3,(H,16,22)(H,17,19)/b6-4+. The van der Waals surface area contributed by atoms with Crippen LogP contribution in [0.1, 0.15) is 23.7 Å². The van der Waals surface area contributed by atoms with Crippen molar-refractivity contribution >= 4 is 11.9 Å². The molecule has 122 valence electrons. The van der Waals surface area contributed by atoms with Crippen molar-refractivity contribution in [2.75, 3.05) is 13.7 Å². The van der Waals surface area contributed by atoms with Gasteiger partial charge in [0.2, 0.25) is 0 Å². The van der Waals surface area contributed by atoms with Gasteiger partial charge < -0.3 is 10.1 Å². The number of rotatable bonds is 7. The molecule has 0 spiro atoms. The van der Waals surface area contributed by atoms with Crippen molar-refractivity contribution < 1.29 is 14.3 Å². The Bertz CT molecular complexity index is 702. The van der Waals surface area contributed by atoms with Gasteiger partial charge in [-0.25, -0.2) is 4.79 Å². The van der Waals surface area contributed by atoms with Crippen LogP contribution >= 0.6 is 0 Å². The second-order valence-corrected chi connectivity index (χ2v) is 4.71. The van der Waals surface area contributed by atoms with Crippen LogP contribution in [0.15, 0.2) is 30.7 Å². The molecule has 2 heterocycles. The summed E-state index contributed by atoms with van der Waals surface area (Å²) in [4.78, 5) is 23.1. The number of aromatic amines is 1. The molecule has 8 heteroatoms. The van der Waals surface area contributed by atoms with E-state index in [9.17, 15) is 9.59 Å². The maximum absolute atomic E-state index is 12.2. The SMILES string of the molecule is CCn1cc(-c2[nH]ncc2C(=O)NCC/C=C/C(=O)OC)cn1. The fourth-order valence-corrected chi connectivity index (χ4v) is 1.96. The van der Waals surface area contributed by atoms with Crippen LogP contribution in [0.5, 0.6) is 0 Å². The summed E-state index contributed by atoms with van der Waals surface area (Å²) in [6.07, 6.45) is 8.53. The lowest BCUT2D eigenvalue weighted by Crippen LogP contribution is -2.24. The molecule has 0 aromatic carbocycles. The van der Waals surface area contributed by atoms with Crippen LogP contribution in [0.2, 0.25) is 0 Å². The van der Waals surface area contributed by atoms with E-state index in [1.807, 2.05) is 13.1 Å². The lowest BCUT2D eigenvalue weighted by Gasteiger charge is -2.03. The molecule has 2 aromatic rings. The molecule has 0 fully saturated rings. The van der Waals surface area contributed by atoms with Crippen LogP contribution in [0.25, 0.3) is 11.3 Å². The topological polar surface area (TPSA) is 102 Å². The highest BCUT2D eigenvalue weighted by atomic mass is 16.5. The molecule has 0 radical (unpaired) electrons. The quantitative estimate of drug-likeness (QED) is 0.453. The predicted molar refractivity (Wildman–Crippen MR) is 83.6 cm³/mol. The van der Waals surface area contributed by atoms with E-state index in [4.69, 9.17) is 0 Å². The molecule has 2 aromatic heterocycles. The number of hydrogen-bond acceptors (Lipinski definition) is 5. The molecule has 0 saturated carbocycles. The number of amides is 1. The van der Waals surface area contributed by atoms with Crippen molar-refractivity contribution in [3.63, 3.8) is 0 Å². The van der Waals surface area contributed by atoms with Crippen molar-refractivity contribution in [1.29, 1.82) is 0 Å². The lowest BCUT2D eigenvalue weighted by atomic mass is 10.1. The van der Waals surface area contributed by atoms with Crippen LogP contribution in [0.3, 0.4) is 0 Å². The van der Waals surface area contributed by atoms with Gasteiger partial charge in [0.05, 0.1) is 30.8 Å². The molecular formula is C15H19N5O3. The third-order valence-electron chi connectivity index (χ3n) is 3.18. The number of aromatic nitrogens is 4. The molecule has 23 heavy (non-hydrogen) atoms. The first kappa shape index (κ1) is 16.5. The fourth-order valence-electron chi connectivity index (χ4n) is 1.96. The van der Waals surface area contributed by atoms with Gasteiger partial charge in [0.15, 0.2) is 0 Å². The molecule has 0 aliphatic carbocycles. The smallest absolute Gasteiger partial charge is 0.330 e. The summed E-state index contributed by atoms with van der Waals surface area (Å²) in [6, 6.07) is 0. The molecule has 0 aliphatic rings. The van der Waals surface area contributed by atoms with Gasteiger partial charge in [0, 0.05) is 30.9 Å². The molecule has 1 amide bonds. The molecule has 8 nitrogen and oxygen atoms in total. The molecule has 2 rings (SSSR count). The van der Waals surface area contributed by atoms with Gasteiger partial charge in [-0.1, -0.05) is 6.08 Å². The number of carbonyl (C=O) groups excluding carboxylic acids is 2. The zero-order valence-electron chi connectivity index (χ0n) is 13.1. The number of nitrogens with zero attached hydrogens (tertiary/aromatic N) is 3. The van der Waals surface area contributed by atoms with Crippen LogP contribution < -0.4 is 5.32 Å². The zero-order chi connectivity index (χ0) is 16.7. The Kier molecular flexibility index (Phi) is 5.67. The lowest BCUT2D eigenvalue weighted by molar-refractivity contribution is -0.134. The summed E-state index contributed by atoms with van der Waals surface area (Å²) in [6.45, 7) is 3.15. The number of carbonyl (C=O) groups is 2. The second-order valence-electron chi connectivity index (χ2n) is 4.71. The molecule has 0 saturated heterocycles. The minimum Gasteiger partial charge on any atom is -0.466 e. The predicted octanol–water partition coefficient (Wildman–Crippen LogP) is 1.14. The average molecular weight is 317 g/mol. The van der Waals surface area contributed by atoms with Crippen molar-refractivity contribution in [3.8, 4) is 11.3 Å². The summed E-state index contributed by atoms with van der Waals surface area (Å²) >= 11 is 0. The number of H-pyrrole nitrogens is 1. The van der Waals surface area contributed by atoms with E-state index >= 15 is 0 Å². The van der Waals surface area contributed by atoms with Crippen molar-refractivity contribution in [2.45, 2.75) is 19.9 Å². The summed E-state index contributed by atoms with van der Waals surface area (Å²) in [5, 5.41) is 13.7. The number of nitrogens with one attached hydrogen (secondary N) is 2. The van der Waals surface area contributed by atoms with E-state index in [1.165, 1.54) is 19.4 Å². The fraction of sp³-hybridized carbons (Fsp3) is 0.333. The van der Waals surface area contributed by atoms with Gasteiger partial charge >= 0.3 is 5.97 Å². The zero-order valence-corrected chi connectivity index (χ0v) is 13.1. The minimum atomic E-state index is -0.415. The van der Waals surface area contributed by atoms with Gasteiger partial charge in [0.1, 0.15) is 0 Å². The monoisotopic (exact) mass is 317 g/mol. The highest BCUT2D eigenvalue weighted by Gasteiger charge is 2.15. The molecule has 0 bridgehead atoms. The van der Waals surface area contributed by atoms with E-state index < -0.39 is 5.97 Å². The Morgan fingerprint density at radius 3 is 2.96 bits per heavy atom. The van der Waals surface area contributed by atoms with E-state index in [-0.39, 0.29) is 5.91 Å². The molecule has 2 N–H and O–H groups in total. The summed E-state index contributed by atoms with van der Waals surface area (Å²) < 4.78 is 6.25. The van der Waals surface area contributed by atoms with Crippen LogP contribution in [0.4, 0.5) is 0 Å². The van der Waals surface area contributed by atoms with Gasteiger partial charge in [-0.2, -0.15) is 10.2 Å². The summed E-state index contributed by atoms with van der Waals surface area (Å²) in [7, 11) is 1.32. The number of aryl methyl sites for hydroxylation is 1. The summed E-state index contributed by atoms with van der Waals surface area (Å²) in [5.41, 5.74) is 1.89. The van der Waals surface area contributed by atoms with Crippen LogP contribution in [-0.2, 0) is 16.1 Å². The van der Waals surface area contributed by atoms with E-state index in [1.54, 1.807) is 17.0 Å². The highest BCUT2D eigenvalue weighted by Crippen LogP contribution is 2.20. The number of ether oxygens (including phenoxy) is 1. The first-order valence-electron chi connectivity index (χ1n) is 7.24. The van der Waals surface area contributed by atoms with E-state index in [2.05, 4.69) is 25.3 Å². The maximum atomic E-state index is 12.2. The van der Waals surface area contributed by atoms with Crippen molar-refractivity contribution in [2.24, 2.45) is 0 Å². The first-order valence-corrected chi connectivity index (χ1v) is 7.24. The Morgan fingerprint density at radius 2 is 2.26 bits per heavy atom. The van der Waals surface area contributed by atoms with Gasteiger partial charge in [-0.15, -0.1) is 0 Å². The van der Waals surface area contributed by atoms with Crippen molar-refractivity contribution in [1.82, 2.24) is 25.3 Å². The van der Waals surface area contributed by atoms with E-state index in [0.29, 0.717) is 24.2 Å². The Morgan fingerprint density at radius 1 is 1.43 bits per heavy atom. The normalized spacial score (nSPS) is 10.9. The average Bonchev–Trinajstić information content (AvgIpc) is 3.22. The molecule has 0 atom stereocenters. The molecular weight excluding hydrogens is 298 g/mol. The van der Waals surface area contributed by atoms with Gasteiger partial charge in [0.25, 0.3) is 5.91 Å². The number of esters is 1. The Balaban J connectivity index is 1.94. The van der Waals surface area contributed by atoms with Gasteiger partial charge in [-0.3, -0.25) is 14.6 Å². The second kappa shape index (κ2) is 7.92. The third-order valence-corrected chi connectivity index (χ3v) is 3.18. The number of methoxy groups -OCH3 is 1. The van der Waals surface area contributed by atoms with Crippen molar-refractivity contribution in [3.05, 3.63) is 36.3 Å². The number of hydrogen-bond donors (Lipinski definition) is 2. The highest BCUT2D eigenvalue weighted by molar-refractivity contribution is 5.99. The first-order chi connectivity index (χ1) is 11.2. The Labute approximate surface area is 133 Å². The third kappa shape index (κ3) is 4.29. The van der Waals surface area contributed by atoms with Gasteiger partial charge in [-0.05, 0) is 13.3 Å². The molecule has 0 aliphatic heterocycles. The minimum absolute atomic E-state index is 0.232. The summed E-state index contributed by atoms with van der Waals surface area (Å²) in [5.74, 6) is -0.647. The van der Waals surface area contributed by atoms with E-state index in [0.717, 1.165) is 12.1 Å². The van der Waals surface area contributed by atoms with Crippen LogP contribution in [-0.4, -0.2) is 45.5 Å². The van der Waals surface area contributed by atoms with Crippen LogP contribution in [0, 0.1) is 0 Å². The Hall–Kier alpha value is -2.90.